The number of hydrogen-bond donors (Lipinski definition) is 1. The van der Waals surface area contributed by atoms with Gasteiger partial charge in [-0.15, -0.1) is 0 Å². The summed E-state index contributed by atoms with van der Waals surface area (Å²) < 4.78 is 0. The highest BCUT2D eigenvalue weighted by Crippen LogP contribution is 2.17. The minimum atomic E-state index is 0.265. The predicted molar refractivity (Wildman–Crippen MR) is 67.2 cm³/mol. The summed E-state index contributed by atoms with van der Waals surface area (Å²) in [5.74, 6) is 0.626. The van der Waals surface area contributed by atoms with E-state index in [1.807, 2.05) is 12.1 Å². The standard InChI is InChI=1S/C13H20ClN/c1-3-11(4-2)13(15)9-10-5-7-12(14)8-6-10/h5-8,11,13H,3-4,9,15H2,1-2H3. The van der Waals surface area contributed by atoms with Crippen LogP contribution in [-0.2, 0) is 6.42 Å². The monoisotopic (exact) mass is 225 g/mol. The van der Waals surface area contributed by atoms with E-state index in [9.17, 15) is 0 Å². The molecule has 1 aromatic carbocycles. The molecule has 0 saturated carbocycles. The van der Waals surface area contributed by atoms with Gasteiger partial charge in [0.2, 0.25) is 0 Å². The van der Waals surface area contributed by atoms with Gasteiger partial charge in [-0.2, -0.15) is 0 Å². The van der Waals surface area contributed by atoms with E-state index in [1.165, 1.54) is 5.56 Å². The second kappa shape index (κ2) is 6.14. The first-order valence-corrected chi connectivity index (χ1v) is 6.05. The molecule has 1 atom stereocenters. The Bertz CT molecular complexity index is 277. The van der Waals surface area contributed by atoms with Gasteiger partial charge in [0, 0.05) is 11.1 Å². The first kappa shape index (κ1) is 12.5. The molecule has 0 bridgehead atoms. The summed E-state index contributed by atoms with van der Waals surface area (Å²) in [5.41, 5.74) is 7.45. The highest BCUT2D eigenvalue weighted by molar-refractivity contribution is 6.30. The van der Waals surface area contributed by atoms with Crippen LogP contribution in [0.15, 0.2) is 24.3 Å². The molecule has 0 saturated heterocycles. The molecule has 1 unspecified atom stereocenters. The van der Waals surface area contributed by atoms with Gasteiger partial charge < -0.3 is 5.73 Å². The molecule has 0 fully saturated rings. The van der Waals surface area contributed by atoms with E-state index < -0.39 is 0 Å². The molecule has 1 aromatic rings. The van der Waals surface area contributed by atoms with Gasteiger partial charge in [0.15, 0.2) is 0 Å². The molecule has 0 aliphatic carbocycles. The highest BCUT2D eigenvalue weighted by atomic mass is 35.5. The molecule has 2 N–H and O–H groups in total. The van der Waals surface area contributed by atoms with Crippen molar-refractivity contribution in [1.82, 2.24) is 0 Å². The van der Waals surface area contributed by atoms with E-state index in [-0.39, 0.29) is 6.04 Å². The minimum Gasteiger partial charge on any atom is -0.327 e. The molecule has 0 aliphatic rings. The van der Waals surface area contributed by atoms with Crippen LogP contribution < -0.4 is 5.73 Å². The van der Waals surface area contributed by atoms with Gasteiger partial charge in [0.25, 0.3) is 0 Å². The molecule has 0 spiro atoms. The zero-order valence-corrected chi connectivity index (χ0v) is 10.3. The molecule has 84 valence electrons. The van der Waals surface area contributed by atoms with Crippen LogP contribution in [0, 0.1) is 5.92 Å². The van der Waals surface area contributed by atoms with Crippen molar-refractivity contribution >= 4 is 11.6 Å². The third kappa shape index (κ3) is 3.84. The van der Waals surface area contributed by atoms with Crippen molar-refractivity contribution in [3.8, 4) is 0 Å². The summed E-state index contributed by atoms with van der Waals surface area (Å²) >= 11 is 5.83. The third-order valence-corrected chi connectivity index (χ3v) is 3.29. The van der Waals surface area contributed by atoms with Gasteiger partial charge in [-0.1, -0.05) is 50.4 Å². The highest BCUT2D eigenvalue weighted by Gasteiger charge is 2.14. The van der Waals surface area contributed by atoms with Crippen molar-refractivity contribution in [3.05, 3.63) is 34.9 Å². The molecular weight excluding hydrogens is 206 g/mol. The van der Waals surface area contributed by atoms with Crippen LogP contribution in [0.2, 0.25) is 5.02 Å². The van der Waals surface area contributed by atoms with E-state index in [2.05, 4.69) is 26.0 Å². The van der Waals surface area contributed by atoms with E-state index >= 15 is 0 Å². The zero-order valence-electron chi connectivity index (χ0n) is 9.54. The Morgan fingerprint density at radius 2 is 1.67 bits per heavy atom. The quantitative estimate of drug-likeness (QED) is 0.814. The Kier molecular flexibility index (Phi) is 5.13. The maximum Gasteiger partial charge on any atom is 0.0406 e. The molecule has 0 heterocycles. The molecule has 0 aromatic heterocycles. The van der Waals surface area contributed by atoms with Crippen molar-refractivity contribution in [3.63, 3.8) is 0 Å². The van der Waals surface area contributed by atoms with Crippen LogP contribution in [0.4, 0.5) is 0 Å². The van der Waals surface area contributed by atoms with E-state index in [4.69, 9.17) is 17.3 Å². The second-order valence-electron chi connectivity index (χ2n) is 4.07. The normalized spacial score (nSPS) is 13.1. The van der Waals surface area contributed by atoms with E-state index in [0.717, 1.165) is 24.3 Å². The number of rotatable bonds is 5. The Morgan fingerprint density at radius 1 is 1.13 bits per heavy atom. The molecule has 0 aliphatic heterocycles. The summed E-state index contributed by atoms with van der Waals surface area (Å²) in [6.45, 7) is 4.41. The van der Waals surface area contributed by atoms with Crippen LogP contribution >= 0.6 is 11.6 Å². The lowest BCUT2D eigenvalue weighted by atomic mass is 9.90. The van der Waals surface area contributed by atoms with Gasteiger partial charge in [-0.25, -0.2) is 0 Å². The van der Waals surface area contributed by atoms with Gasteiger partial charge >= 0.3 is 0 Å². The second-order valence-corrected chi connectivity index (χ2v) is 4.51. The average Bonchev–Trinajstić information content (AvgIpc) is 2.23. The molecule has 1 nitrogen and oxygen atoms in total. The van der Waals surface area contributed by atoms with Crippen LogP contribution in [0.1, 0.15) is 32.3 Å². The Hall–Kier alpha value is -0.530. The number of hydrogen-bond acceptors (Lipinski definition) is 1. The fraction of sp³-hybridized carbons (Fsp3) is 0.538. The molecule has 2 heteroatoms. The summed E-state index contributed by atoms with van der Waals surface area (Å²) in [5, 5.41) is 0.787. The summed E-state index contributed by atoms with van der Waals surface area (Å²) in [7, 11) is 0. The van der Waals surface area contributed by atoms with Crippen LogP contribution in [0.3, 0.4) is 0 Å². The molecular formula is C13H20ClN. The first-order valence-electron chi connectivity index (χ1n) is 5.67. The third-order valence-electron chi connectivity index (χ3n) is 3.04. The van der Waals surface area contributed by atoms with Crippen molar-refractivity contribution in [2.75, 3.05) is 0 Å². The summed E-state index contributed by atoms with van der Waals surface area (Å²) in [6.07, 6.45) is 3.26. The SMILES string of the molecule is CCC(CC)C(N)Cc1ccc(Cl)cc1. The fourth-order valence-electron chi connectivity index (χ4n) is 1.95. The maximum absolute atomic E-state index is 6.18. The number of nitrogens with two attached hydrogens (primary N) is 1. The molecule has 15 heavy (non-hydrogen) atoms. The molecule has 0 amide bonds. The Labute approximate surface area is 97.6 Å². The maximum atomic E-state index is 6.18. The largest absolute Gasteiger partial charge is 0.327 e. The Balaban J connectivity index is 2.57. The Morgan fingerprint density at radius 3 is 2.13 bits per heavy atom. The molecule has 0 radical (unpaired) electrons. The topological polar surface area (TPSA) is 26.0 Å². The molecule has 1 rings (SSSR count). The van der Waals surface area contributed by atoms with Crippen molar-refractivity contribution < 1.29 is 0 Å². The lowest BCUT2D eigenvalue weighted by molar-refractivity contribution is 0.393. The van der Waals surface area contributed by atoms with Crippen LogP contribution in [-0.4, -0.2) is 6.04 Å². The van der Waals surface area contributed by atoms with Gasteiger partial charge in [-0.3, -0.25) is 0 Å². The van der Waals surface area contributed by atoms with Crippen LogP contribution in [0.25, 0.3) is 0 Å². The number of benzene rings is 1. The van der Waals surface area contributed by atoms with Gasteiger partial charge in [-0.05, 0) is 30.0 Å². The van der Waals surface area contributed by atoms with Gasteiger partial charge in [0.1, 0.15) is 0 Å². The first-order chi connectivity index (χ1) is 7.17. The lowest BCUT2D eigenvalue weighted by Gasteiger charge is -2.21. The lowest BCUT2D eigenvalue weighted by Crippen LogP contribution is -2.31. The zero-order chi connectivity index (χ0) is 11.3. The smallest absolute Gasteiger partial charge is 0.0406 e. The summed E-state index contributed by atoms with van der Waals surface area (Å²) in [4.78, 5) is 0. The van der Waals surface area contributed by atoms with Crippen molar-refractivity contribution in [2.45, 2.75) is 39.2 Å². The van der Waals surface area contributed by atoms with Crippen molar-refractivity contribution in [2.24, 2.45) is 11.7 Å². The minimum absolute atomic E-state index is 0.265. The predicted octanol–water partition coefficient (Wildman–Crippen LogP) is 3.65. The van der Waals surface area contributed by atoms with E-state index in [1.54, 1.807) is 0 Å². The number of halogens is 1. The van der Waals surface area contributed by atoms with Crippen LogP contribution in [0.5, 0.6) is 0 Å². The van der Waals surface area contributed by atoms with Gasteiger partial charge in [0.05, 0.1) is 0 Å². The fourth-order valence-corrected chi connectivity index (χ4v) is 2.08. The van der Waals surface area contributed by atoms with E-state index in [0.29, 0.717) is 5.92 Å². The summed E-state index contributed by atoms with van der Waals surface area (Å²) in [6, 6.07) is 8.24. The van der Waals surface area contributed by atoms with Crippen molar-refractivity contribution in [1.29, 1.82) is 0 Å². The average molecular weight is 226 g/mol.